The maximum Gasteiger partial charge on any atom is 0.254 e. The number of halogens is 2. The molecule has 0 bridgehead atoms. The van der Waals surface area contributed by atoms with Gasteiger partial charge in [-0.2, -0.15) is 0 Å². The minimum Gasteiger partial charge on any atom is -0.331 e. The summed E-state index contributed by atoms with van der Waals surface area (Å²) in [4.78, 5) is 19.7. The topological polar surface area (TPSA) is 38.1 Å². The largest absolute Gasteiger partial charge is 0.331 e. The molecule has 0 spiro atoms. The fourth-order valence-corrected chi connectivity index (χ4v) is 3.67. The SMILES string of the molecule is CCCn1c(CN(CC(C)C)C(=O)c2ccc(C)c(Cl)c2)nc2cc(F)ccc21. The normalized spacial score (nSPS) is 11.4. The fraction of sp³-hybridized carbons (Fsp3) is 0.391. The first-order valence-corrected chi connectivity index (χ1v) is 10.4. The third-order valence-electron chi connectivity index (χ3n) is 4.86. The number of rotatable bonds is 7. The minimum atomic E-state index is -0.311. The molecule has 1 amide bonds. The molecule has 1 aromatic heterocycles. The molecule has 2 aromatic carbocycles. The zero-order valence-electron chi connectivity index (χ0n) is 17.4. The molecule has 1 heterocycles. The van der Waals surface area contributed by atoms with Crippen molar-refractivity contribution < 1.29 is 9.18 Å². The first-order valence-electron chi connectivity index (χ1n) is 10.00. The Bertz CT molecular complexity index is 1030. The van der Waals surface area contributed by atoms with E-state index in [1.165, 1.54) is 12.1 Å². The van der Waals surface area contributed by atoms with Gasteiger partial charge in [0.05, 0.1) is 17.6 Å². The van der Waals surface area contributed by atoms with E-state index in [0.717, 1.165) is 29.9 Å². The van der Waals surface area contributed by atoms with Crippen molar-refractivity contribution in [3.63, 3.8) is 0 Å². The second-order valence-corrected chi connectivity index (χ2v) is 8.26. The Labute approximate surface area is 176 Å². The summed E-state index contributed by atoms with van der Waals surface area (Å²) in [6, 6.07) is 10.0. The Morgan fingerprint density at radius 3 is 2.66 bits per heavy atom. The van der Waals surface area contributed by atoms with Crippen LogP contribution in [-0.4, -0.2) is 26.9 Å². The fourth-order valence-electron chi connectivity index (χ4n) is 3.49. The van der Waals surface area contributed by atoms with Gasteiger partial charge in [-0.1, -0.05) is 38.4 Å². The predicted octanol–water partition coefficient (Wildman–Crippen LogP) is 5.85. The van der Waals surface area contributed by atoms with E-state index in [1.54, 1.807) is 23.1 Å². The molecule has 154 valence electrons. The van der Waals surface area contributed by atoms with E-state index in [0.29, 0.717) is 35.1 Å². The molecule has 0 aliphatic carbocycles. The van der Waals surface area contributed by atoms with Crippen LogP contribution >= 0.6 is 11.6 Å². The van der Waals surface area contributed by atoms with Gasteiger partial charge in [0.25, 0.3) is 5.91 Å². The van der Waals surface area contributed by atoms with E-state index in [9.17, 15) is 9.18 Å². The maximum absolute atomic E-state index is 13.7. The lowest BCUT2D eigenvalue weighted by Crippen LogP contribution is -2.34. The number of amides is 1. The van der Waals surface area contributed by atoms with Crippen molar-refractivity contribution in [1.29, 1.82) is 0 Å². The van der Waals surface area contributed by atoms with Crippen LogP contribution in [0.4, 0.5) is 4.39 Å². The summed E-state index contributed by atoms with van der Waals surface area (Å²) in [5.74, 6) is 0.664. The number of hydrogen-bond donors (Lipinski definition) is 0. The number of carbonyl (C=O) groups excluding carboxylic acids is 1. The molecule has 0 aliphatic rings. The Morgan fingerprint density at radius 2 is 2.00 bits per heavy atom. The number of fused-ring (bicyclic) bond motifs is 1. The average molecular weight is 416 g/mol. The highest BCUT2D eigenvalue weighted by Crippen LogP contribution is 2.22. The molecular weight excluding hydrogens is 389 g/mol. The van der Waals surface area contributed by atoms with E-state index in [4.69, 9.17) is 11.6 Å². The summed E-state index contributed by atoms with van der Waals surface area (Å²) in [5.41, 5.74) is 3.00. The van der Waals surface area contributed by atoms with Gasteiger partial charge in [-0.05, 0) is 49.1 Å². The van der Waals surface area contributed by atoms with Crippen molar-refractivity contribution in [3.8, 4) is 0 Å². The van der Waals surface area contributed by atoms with Gasteiger partial charge >= 0.3 is 0 Å². The van der Waals surface area contributed by atoms with Crippen molar-refractivity contribution in [2.45, 2.75) is 47.2 Å². The lowest BCUT2D eigenvalue weighted by Gasteiger charge is -2.25. The molecule has 0 radical (unpaired) electrons. The lowest BCUT2D eigenvalue weighted by molar-refractivity contribution is 0.0716. The number of hydrogen-bond acceptors (Lipinski definition) is 2. The van der Waals surface area contributed by atoms with E-state index in [1.807, 2.05) is 13.0 Å². The van der Waals surface area contributed by atoms with Crippen molar-refractivity contribution in [1.82, 2.24) is 14.5 Å². The van der Waals surface area contributed by atoms with Crippen LogP contribution in [0.15, 0.2) is 36.4 Å². The van der Waals surface area contributed by atoms with Crippen LogP contribution in [0.5, 0.6) is 0 Å². The van der Waals surface area contributed by atoms with Crippen LogP contribution in [0.25, 0.3) is 11.0 Å². The van der Waals surface area contributed by atoms with E-state index in [-0.39, 0.29) is 11.7 Å². The summed E-state index contributed by atoms with van der Waals surface area (Å²) in [7, 11) is 0. The minimum absolute atomic E-state index is 0.0816. The van der Waals surface area contributed by atoms with Gasteiger partial charge in [-0.25, -0.2) is 9.37 Å². The van der Waals surface area contributed by atoms with Crippen LogP contribution < -0.4 is 0 Å². The summed E-state index contributed by atoms with van der Waals surface area (Å²) >= 11 is 6.24. The summed E-state index contributed by atoms with van der Waals surface area (Å²) in [6.45, 7) is 9.86. The van der Waals surface area contributed by atoms with Gasteiger partial charge in [-0.3, -0.25) is 4.79 Å². The highest BCUT2D eigenvalue weighted by atomic mass is 35.5. The monoisotopic (exact) mass is 415 g/mol. The molecule has 6 heteroatoms. The third-order valence-corrected chi connectivity index (χ3v) is 5.27. The molecule has 0 saturated carbocycles. The molecule has 0 aliphatic heterocycles. The van der Waals surface area contributed by atoms with Gasteiger partial charge in [0.1, 0.15) is 11.6 Å². The number of carbonyl (C=O) groups is 1. The highest BCUT2D eigenvalue weighted by Gasteiger charge is 2.21. The molecule has 0 N–H and O–H groups in total. The zero-order valence-corrected chi connectivity index (χ0v) is 18.1. The Kier molecular flexibility index (Phi) is 6.58. The van der Waals surface area contributed by atoms with Crippen LogP contribution in [-0.2, 0) is 13.1 Å². The van der Waals surface area contributed by atoms with E-state index in [2.05, 4.69) is 30.3 Å². The predicted molar refractivity (Wildman–Crippen MR) is 116 cm³/mol. The average Bonchev–Trinajstić information content (AvgIpc) is 2.99. The van der Waals surface area contributed by atoms with Gasteiger partial charge in [0.15, 0.2) is 0 Å². The summed E-state index contributed by atoms with van der Waals surface area (Å²) in [5, 5.41) is 0.578. The molecule has 0 unspecified atom stereocenters. The number of aryl methyl sites for hydroxylation is 2. The quantitative estimate of drug-likeness (QED) is 0.485. The number of benzene rings is 2. The molecule has 3 aromatic rings. The lowest BCUT2D eigenvalue weighted by atomic mass is 10.1. The molecule has 0 fully saturated rings. The van der Waals surface area contributed by atoms with Crippen LogP contribution in [0, 0.1) is 18.7 Å². The number of aromatic nitrogens is 2. The number of imidazole rings is 1. The molecule has 3 rings (SSSR count). The second kappa shape index (κ2) is 8.95. The molecule has 0 atom stereocenters. The second-order valence-electron chi connectivity index (χ2n) is 7.86. The molecule has 4 nitrogen and oxygen atoms in total. The first-order chi connectivity index (χ1) is 13.8. The highest BCUT2D eigenvalue weighted by molar-refractivity contribution is 6.31. The Hall–Kier alpha value is -2.40. The standard InChI is InChI=1S/C23H27ClFN3O/c1-5-10-28-21-9-8-18(25)12-20(21)26-22(28)14-27(13-15(2)3)23(29)17-7-6-16(4)19(24)11-17/h6-9,11-12,15H,5,10,13-14H2,1-4H3. The molecular formula is C23H27ClFN3O. The van der Waals surface area contributed by atoms with Crippen molar-refractivity contribution in [3.05, 3.63) is 64.2 Å². The van der Waals surface area contributed by atoms with E-state index >= 15 is 0 Å². The van der Waals surface area contributed by atoms with Crippen molar-refractivity contribution in [2.24, 2.45) is 5.92 Å². The summed E-state index contributed by atoms with van der Waals surface area (Å²) in [6.07, 6.45) is 0.918. The van der Waals surface area contributed by atoms with Gasteiger partial charge in [-0.15, -0.1) is 0 Å². The van der Waals surface area contributed by atoms with Crippen LogP contribution in [0.3, 0.4) is 0 Å². The van der Waals surface area contributed by atoms with Crippen LogP contribution in [0.1, 0.15) is 48.9 Å². The smallest absolute Gasteiger partial charge is 0.254 e. The Morgan fingerprint density at radius 1 is 1.24 bits per heavy atom. The molecule has 29 heavy (non-hydrogen) atoms. The maximum atomic E-state index is 13.7. The molecule has 0 saturated heterocycles. The van der Waals surface area contributed by atoms with Gasteiger partial charge in [0, 0.05) is 29.7 Å². The van der Waals surface area contributed by atoms with Crippen LogP contribution in [0.2, 0.25) is 5.02 Å². The van der Waals surface area contributed by atoms with Crippen molar-refractivity contribution in [2.75, 3.05) is 6.54 Å². The first kappa shape index (κ1) is 21.3. The van der Waals surface area contributed by atoms with E-state index < -0.39 is 0 Å². The van der Waals surface area contributed by atoms with Crippen molar-refractivity contribution >= 4 is 28.5 Å². The third kappa shape index (κ3) is 4.78. The van der Waals surface area contributed by atoms with Gasteiger partial charge < -0.3 is 9.47 Å². The Balaban J connectivity index is 1.99. The van der Waals surface area contributed by atoms with Gasteiger partial charge in [0.2, 0.25) is 0 Å². The summed E-state index contributed by atoms with van der Waals surface area (Å²) < 4.78 is 15.8. The zero-order chi connectivity index (χ0) is 21.1. The number of nitrogens with zero attached hydrogens (tertiary/aromatic N) is 3.